The zero-order valence-electron chi connectivity index (χ0n) is 19.0. The quantitative estimate of drug-likeness (QED) is 0.344. The summed E-state index contributed by atoms with van der Waals surface area (Å²) in [6, 6.07) is 19.4. The monoisotopic (exact) mass is 472 g/mol. The number of benzene rings is 2. The van der Waals surface area contributed by atoms with Crippen molar-refractivity contribution in [3.05, 3.63) is 117 Å². The van der Waals surface area contributed by atoms with E-state index >= 15 is 4.39 Å². The van der Waals surface area contributed by atoms with Crippen molar-refractivity contribution in [2.24, 2.45) is 14.1 Å². The summed E-state index contributed by atoms with van der Waals surface area (Å²) in [5.41, 5.74) is 2.39. The number of fused-ring (bicyclic) bond motifs is 1. The molecule has 2 aromatic carbocycles. The number of alkyl halides is 1. The maximum absolute atomic E-state index is 17.3. The Kier molecular flexibility index (Phi) is 5.33. The highest BCUT2D eigenvalue weighted by Crippen LogP contribution is 2.41. The van der Waals surface area contributed by atoms with Crippen LogP contribution in [0.25, 0.3) is 22.2 Å². The first kappa shape index (κ1) is 22.0. The Hall–Kier alpha value is -3.77. The van der Waals surface area contributed by atoms with E-state index in [1.165, 1.54) is 10.8 Å². The van der Waals surface area contributed by atoms with Gasteiger partial charge in [0.15, 0.2) is 0 Å². The van der Waals surface area contributed by atoms with Gasteiger partial charge >= 0.3 is 0 Å². The van der Waals surface area contributed by atoms with Gasteiger partial charge < -0.3 is 9.13 Å². The van der Waals surface area contributed by atoms with E-state index in [1.807, 2.05) is 31.2 Å². The van der Waals surface area contributed by atoms with Crippen LogP contribution in [0.2, 0.25) is 5.02 Å². The molecule has 170 valence electrons. The Morgan fingerprint density at radius 3 is 2.44 bits per heavy atom. The van der Waals surface area contributed by atoms with E-state index in [9.17, 15) is 4.79 Å². The fraction of sp³-hybridized carbons (Fsp3) is 0.148. The van der Waals surface area contributed by atoms with E-state index in [0.717, 1.165) is 11.1 Å². The van der Waals surface area contributed by atoms with Gasteiger partial charge in [0.25, 0.3) is 5.56 Å². The number of hydrogen-bond acceptors (Lipinski definition) is 3. The molecule has 34 heavy (non-hydrogen) atoms. The van der Waals surface area contributed by atoms with E-state index in [-0.39, 0.29) is 11.3 Å². The summed E-state index contributed by atoms with van der Waals surface area (Å²) in [6.45, 7) is 1.99. The number of rotatable bonds is 4. The van der Waals surface area contributed by atoms with Gasteiger partial charge in [0.05, 0.1) is 34.9 Å². The van der Waals surface area contributed by atoms with Crippen LogP contribution in [-0.2, 0) is 19.8 Å². The number of hydrogen-bond donors (Lipinski definition) is 0. The molecule has 3 aromatic heterocycles. The summed E-state index contributed by atoms with van der Waals surface area (Å²) in [5, 5.41) is 0.513. The lowest BCUT2D eigenvalue weighted by Gasteiger charge is -2.26. The Labute approximate surface area is 201 Å². The van der Waals surface area contributed by atoms with Crippen LogP contribution in [0.3, 0.4) is 0 Å². The van der Waals surface area contributed by atoms with Gasteiger partial charge in [0, 0.05) is 36.3 Å². The zero-order valence-corrected chi connectivity index (χ0v) is 19.7. The van der Waals surface area contributed by atoms with Crippen molar-refractivity contribution in [2.45, 2.75) is 12.6 Å². The molecular weight excluding hydrogens is 451 g/mol. The molecule has 0 unspecified atom stereocenters. The smallest absolute Gasteiger partial charge is 0.251 e. The van der Waals surface area contributed by atoms with Gasteiger partial charge in [0.1, 0.15) is 0 Å². The summed E-state index contributed by atoms with van der Waals surface area (Å²) in [4.78, 5) is 21.7. The van der Waals surface area contributed by atoms with E-state index in [2.05, 4.69) is 4.98 Å². The molecular formula is C27H22ClFN4O. The first-order valence-electron chi connectivity index (χ1n) is 10.8. The lowest BCUT2D eigenvalue weighted by Crippen LogP contribution is -2.28. The number of aromatic nitrogens is 4. The van der Waals surface area contributed by atoms with Gasteiger partial charge in [0.2, 0.25) is 5.67 Å². The number of aryl methyl sites for hydroxylation is 3. The summed E-state index contributed by atoms with van der Waals surface area (Å²) in [5.74, 6) is 0. The molecule has 0 aliphatic rings. The highest BCUT2D eigenvalue weighted by molar-refractivity contribution is 6.30. The molecule has 3 heterocycles. The van der Waals surface area contributed by atoms with Crippen LogP contribution < -0.4 is 5.56 Å². The molecule has 0 saturated carbocycles. The van der Waals surface area contributed by atoms with Crippen molar-refractivity contribution in [3.63, 3.8) is 0 Å². The number of halogens is 2. The SMILES string of the molecule is Cc1cccc(-c2cc(=O)n(C)c3ccc([C@](F)(c4ccc(Cl)cc4)c4cncn4C)nc23)c1. The van der Waals surface area contributed by atoms with Gasteiger partial charge in [-0.3, -0.25) is 4.79 Å². The molecule has 5 nitrogen and oxygen atoms in total. The second kappa shape index (κ2) is 8.22. The minimum Gasteiger partial charge on any atom is -0.334 e. The van der Waals surface area contributed by atoms with Crippen molar-refractivity contribution in [2.75, 3.05) is 0 Å². The maximum Gasteiger partial charge on any atom is 0.251 e. The average Bonchev–Trinajstić information content (AvgIpc) is 3.27. The third-order valence-corrected chi connectivity index (χ3v) is 6.43. The third-order valence-electron chi connectivity index (χ3n) is 6.18. The summed E-state index contributed by atoms with van der Waals surface area (Å²) < 4.78 is 20.5. The molecule has 0 bridgehead atoms. The van der Waals surface area contributed by atoms with Crippen LogP contribution in [0.1, 0.15) is 22.5 Å². The van der Waals surface area contributed by atoms with Gasteiger partial charge in [-0.25, -0.2) is 14.4 Å². The largest absolute Gasteiger partial charge is 0.334 e. The van der Waals surface area contributed by atoms with Crippen LogP contribution in [-0.4, -0.2) is 19.1 Å². The van der Waals surface area contributed by atoms with Gasteiger partial charge in [-0.2, -0.15) is 0 Å². The van der Waals surface area contributed by atoms with Crippen molar-refractivity contribution in [1.29, 1.82) is 0 Å². The number of nitrogens with zero attached hydrogens (tertiary/aromatic N) is 4. The Morgan fingerprint density at radius 1 is 1.00 bits per heavy atom. The van der Waals surface area contributed by atoms with Gasteiger partial charge in [-0.05, 0) is 36.8 Å². The lowest BCUT2D eigenvalue weighted by atomic mass is 9.88. The number of imidazole rings is 1. The molecule has 0 fully saturated rings. The lowest BCUT2D eigenvalue weighted by molar-refractivity contribution is 0.260. The molecule has 1 atom stereocenters. The molecule has 7 heteroatoms. The molecule has 0 radical (unpaired) electrons. The third kappa shape index (κ3) is 3.51. The van der Waals surface area contributed by atoms with Crippen LogP contribution >= 0.6 is 11.6 Å². The predicted octanol–water partition coefficient (Wildman–Crippen LogP) is 5.56. The summed E-state index contributed by atoms with van der Waals surface area (Å²) in [6.07, 6.45) is 3.06. The van der Waals surface area contributed by atoms with E-state index in [4.69, 9.17) is 16.6 Å². The second-order valence-electron chi connectivity index (χ2n) is 8.44. The van der Waals surface area contributed by atoms with E-state index in [0.29, 0.717) is 32.9 Å². The molecule has 0 spiro atoms. The Balaban J connectivity index is 1.84. The first-order valence-corrected chi connectivity index (χ1v) is 11.2. The highest BCUT2D eigenvalue weighted by atomic mass is 35.5. The second-order valence-corrected chi connectivity index (χ2v) is 8.88. The topological polar surface area (TPSA) is 52.7 Å². The fourth-order valence-electron chi connectivity index (χ4n) is 4.35. The van der Waals surface area contributed by atoms with Crippen molar-refractivity contribution >= 4 is 22.6 Å². The first-order chi connectivity index (χ1) is 16.3. The van der Waals surface area contributed by atoms with Crippen molar-refractivity contribution < 1.29 is 4.39 Å². The molecule has 0 amide bonds. The van der Waals surface area contributed by atoms with Crippen molar-refractivity contribution in [1.82, 2.24) is 19.1 Å². The van der Waals surface area contributed by atoms with E-state index in [1.54, 1.807) is 67.5 Å². The molecule has 0 N–H and O–H groups in total. The standard InChI is InChI=1S/C27H22ClFN4O/c1-17-5-4-6-18(13-17)21-14-25(34)33(3)22-11-12-23(31-26(21)22)27(29,24-15-30-16-32(24)2)19-7-9-20(28)10-8-19/h4-16H,1-3H3/t27-/m1/s1. The van der Waals surface area contributed by atoms with Gasteiger partial charge in [-0.1, -0.05) is 53.6 Å². The minimum absolute atomic E-state index is 0.158. The summed E-state index contributed by atoms with van der Waals surface area (Å²) >= 11 is 6.09. The van der Waals surface area contributed by atoms with Crippen LogP contribution in [0, 0.1) is 6.92 Å². The maximum atomic E-state index is 17.3. The molecule has 5 rings (SSSR count). The highest BCUT2D eigenvalue weighted by Gasteiger charge is 2.41. The van der Waals surface area contributed by atoms with Crippen LogP contribution in [0.5, 0.6) is 0 Å². The Morgan fingerprint density at radius 2 is 1.76 bits per heavy atom. The molecule has 0 aliphatic heterocycles. The summed E-state index contributed by atoms with van der Waals surface area (Å²) in [7, 11) is 3.44. The molecule has 0 aliphatic carbocycles. The average molecular weight is 473 g/mol. The fourth-order valence-corrected chi connectivity index (χ4v) is 4.47. The van der Waals surface area contributed by atoms with Crippen LogP contribution in [0.15, 0.2) is 84.0 Å². The zero-order chi connectivity index (χ0) is 24.0. The van der Waals surface area contributed by atoms with Gasteiger partial charge in [-0.15, -0.1) is 0 Å². The van der Waals surface area contributed by atoms with Crippen LogP contribution in [0.4, 0.5) is 4.39 Å². The molecule has 5 aromatic rings. The Bertz CT molecular complexity index is 1590. The minimum atomic E-state index is -2.09. The predicted molar refractivity (Wildman–Crippen MR) is 133 cm³/mol. The molecule has 0 saturated heterocycles. The van der Waals surface area contributed by atoms with Crippen molar-refractivity contribution in [3.8, 4) is 11.1 Å². The normalized spacial score (nSPS) is 13.2. The number of pyridine rings is 2. The van der Waals surface area contributed by atoms with E-state index < -0.39 is 5.67 Å².